The van der Waals surface area contributed by atoms with Crippen molar-refractivity contribution in [3.8, 4) is 5.88 Å². The van der Waals surface area contributed by atoms with Crippen molar-refractivity contribution < 1.29 is 9.53 Å². The summed E-state index contributed by atoms with van der Waals surface area (Å²) < 4.78 is 5.44. The lowest BCUT2D eigenvalue weighted by atomic mass is 10.1. The number of anilines is 2. The number of nitrogens with two attached hydrogens (primary N) is 1. The average molecular weight is 280 g/mol. The minimum Gasteiger partial charge on any atom is -0.476 e. The largest absolute Gasteiger partial charge is 0.476 e. The van der Waals surface area contributed by atoms with Gasteiger partial charge in [0.15, 0.2) is 0 Å². The van der Waals surface area contributed by atoms with Gasteiger partial charge in [-0.3, -0.25) is 4.79 Å². The summed E-state index contributed by atoms with van der Waals surface area (Å²) in [5.41, 5.74) is 6.02. The molecule has 0 unspecified atom stereocenters. The zero-order valence-electron chi connectivity index (χ0n) is 12.6. The van der Waals surface area contributed by atoms with Crippen molar-refractivity contribution in [2.45, 2.75) is 39.7 Å². The second-order valence-electron chi connectivity index (χ2n) is 5.59. The van der Waals surface area contributed by atoms with E-state index in [2.05, 4.69) is 15.6 Å². The Morgan fingerprint density at radius 3 is 2.70 bits per heavy atom. The molecule has 20 heavy (non-hydrogen) atoms. The van der Waals surface area contributed by atoms with E-state index in [1.54, 1.807) is 12.1 Å². The van der Waals surface area contributed by atoms with Crippen molar-refractivity contribution in [1.82, 2.24) is 10.3 Å². The Labute approximate surface area is 120 Å². The Bertz CT molecular complexity index is 455. The van der Waals surface area contributed by atoms with Crippen LogP contribution in [0, 0.1) is 0 Å². The van der Waals surface area contributed by atoms with Gasteiger partial charge < -0.3 is 21.1 Å². The van der Waals surface area contributed by atoms with Gasteiger partial charge in [0.05, 0.1) is 18.8 Å². The number of nitrogens with zero attached hydrogens (tertiary/aromatic N) is 1. The van der Waals surface area contributed by atoms with E-state index in [1.807, 2.05) is 27.7 Å². The van der Waals surface area contributed by atoms with E-state index >= 15 is 0 Å². The second kappa shape index (κ2) is 6.98. The van der Waals surface area contributed by atoms with E-state index < -0.39 is 0 Å². The summed E-state index contributed by atoms with van der Waals surface area (Å²) in [7, 11) is 0. The topological polar surface area (TPSA) is 89.3 Å². The Kier molecular flexibility index (Phi) is 5.61. The van der Waals surface area contributed by atoms with E-state index in [1.165, 1.54) is 0 Å². The number of aromatic nitrogens is 1. The van der Waals surface area contributed by atoms with Gasteiger partial charge in [0, 0.05) is 5.54 Å². The molecule has 1 aromatic rings. The number of amides is 1. The van der Waals surface area contributed by atoms with Crippen molar-refractivity contribution in [2.24, 2.45) is 0 Å². The molecule has 4 N–H and O–H groups in total. The lowest BCUT2D eigenvalue weighted by Gasteiger charge is -2.20. The van der Waals surface area contributed by atoms with Crippen LogP contribution >= 0.6 is 0 Å². The van der Waals surface area contributed by atoms with Gasteiger partial charge in [-0.1, -0.05) is 6.92 Å². The summed E-state index contributed by atoms with van der Waals surface area (Å²) in [5, 5.41) is 5.82. The molecule has 1 aromatic heterocycles. The van der Waals surface area contributed by atoms with Crippen LogP contribution in [0.1, 0.15) is 34.1 Å². The molecule has 0 radical (unpaired) electrons. The van der Waals surface area contributed by atoms with Crippen LogP contribution in [0.2, 0.25) is 0 Å². The molecule has 1 rings (SSSR count). The number of hydrogen-bond donors (Lipinski definition) is 3. The van der Waals surface area contributed by atoms with E-state index in [9.17, 15) is 4.79 Å². The molecule has 0 atom stereocenters. The molecule has 0 spiro atoms. The van der Waals surface area contributed by atoms with Crippen LogP contribution in [-0.4, -0.2) is 29.6 Å². The summed E-state index contributed by atoms with van der Waals surface area (Å²) in [6, 6.07) is 3.43. The Morgan fingerprint density at radius 1 is 1.40 bits per heavy atom. The number of carbonyl (C=O) groups is 1. The molecule has 1 heterocycles. The first kappa shape index (κ1) is 16.1. The molecular weight excluding hydrogens is 256 g/mol. The predicted molar refractivity (Wildman–Crippen MR) is 80.8 cm³/mol. The van der Waals surface area contributed by atoms with Crippen molar-refractivity contribution in [3.05, 3.63) is 12.1 Å². The maximum absolute atomic E-state index is 11.7. The van der Waals surface area contributed by atoms with Crippen LogP contribution in [0.3, 0.4) is 0 Å². The summed E-state index contributed by atoms with van der Waals surface area (Å²) in [4.78, 5) is 15.9. The third-order valence-corrected chi connectivity index (χ3v) is 2.28. The molecule has 0 fully saturated rings. The third kappa shape index (κ3) is 5.77. The number of hydrogen-bond acceptors (Lipinski definition) is 5. The van der Waals surface area contributed by atoms with Gasteiger partial charge in [-0.25, -0.2) is 0 Å². The van der Waals surface area contributed by atoms with Crippen LogP contribution in [0.4, 0.5) is 11.5 Å². The van der Waals surface area contributed by atoms with Gasteiger partial charge in [-0.15, -0.1) is 0 Å². The Morgan fingerprint density at radius 2 is 2.10 bits per heavy atom. The number of pyridine rings is 1. The monoisotopic (exact) mass is 280 g/mol. The first-order valence-electron chi connectivity index (χ1n) is 6.76. The van der Waals surface area contributed by atoms with Gasteiger partial charge in [0.1, 0.15) is 5.82 Å². The van der Waals surface area contributed by atoms with Crippen molar-refractivity contribution in [1.29, 1.82) is 0 Å². The van der Waals surface area contributed by atoms with Gasteiger partial charge in [-0.05, 0) is 39.3 Å². The fourth-order valence-electron chi connectivity index (χ4n) is 1.50. The molecule has 0 aliphatic rings. The fourth-order valence-corrected chi connectivity index (χ4v) is 1.50. The summed E-state index contributed by atoms with van der Waals surface area (Å²) >= 11 is 0. The lowest BCUT2D eigenvalue weighted by Crippen LogP contribution is -2.43. The smallest absolute Gasteiger partial charge is 0.239 e. The average Bonchev–Trinajstić information content (AvgIpc) is 2.34. The number of carbonyl (C=O) groups excluding carboxylic acids is 1. The fraction of sp³-hybridized carbons (Fsp3) is 0.571. The minimum absolute atomic E-state index is 0.0906. The minimum atomic E-state index is -0.247. The predicted octanol–water partition coefficient (Wildman–Crippen LogP) is 1.78. The third-order valence-electron chi connectivity index (χ3n) is 2.28. The number of nitrogens with one attached hydrogen (secondary N) is 2. The van der Waals surface area contributed by atoms with Gasteiger partial charge >= 0.3 is 0 Å². The highest BCUT2D eigenvalue weighted by atomic mass is 16.5. The summed E-state index contributed by atoms with van der Waals surface area (Å²) in [6.07, 6.45) is 0.882. The number of ether oxygens (including phenoxy) is 1. The number of rotatable bonds is 6. The molecule has 6 nitrogen and oxygen atoms in total. The van der Waals surface area contributed by atoms with Crippen LogP contribution in [0.15, 0.2) is 12.1 Å². The highest BCUT2D eigenvalue weighted by Gasteiger charge is 2.13. The molecule has 0 saturated carbocycles. The first-order valence-corrected chi connectivity index (χ1v) is 6.76. The SMILES string of the molecule is CCCOc1nc(NCC(=O)NC(C)(C)C)ccc1N. The number of nitrogen functional groups attached to an aromatic ring is 1. The van der Waals surface area contributed by atoms with E-state index in [-0.39, 0.29) is 18.0 Å². The maximum atomic E-state index is 11.7. The normalized spacial score (nSPS) is 11.0. The first-order chi connectivity index (χ1) is 9.31. The van der Waals surface area contributed by atoms with Gasteiger partial charge in [-0.2, -0.15) is 4.98 Å². The van der Waals surface area contributed by atoms with Crippen LogP contribution < -0.4 is 21.1 Å². The lowest BCUT2D eigenvalue weighted by molar-refractivity contribution is -0.120. The zero-order valence-corrected chi connectivity index (χ0v) is 12.6. The highest BCUT2D eigenvalue weighted by molar-refractivity contribution is 5.81. The molecule has 0 aliphatic carbocycles. The molecule has 0 aromatic carbocycles. The summed E-state index contributed by atoms with van der Waals surface area (Å²) in [5.74, 6) is 0.870. The van der Waals surface area contributed by atoms with Gasteiger partial charge in [0.2, 0.25) is 11.8 Å². The van der Waals surface area contributed by atoms with E-state index in [0.717, 1.165) is 6.42 Å². The van der Waals surface area contributed by atoms with Crippen molar-refractivity contribution >= 4 is 17.4 Å². The molecule has 0 aliphatic heterocycles. The Hall–Kier alpha value is -1.98. The second-order valence-corrected chi connectivity index (χ2v) is 5.59. The molecule has 0 saturated heterocycles. The maximum Gasteiger partial charge on any atom is 0.239 e. The van der Waals surface area contributed by atoms with E-state index in [0.29, 0.717) is 24.0 Å². The standard InChI is InChI=1S/C14H24N4O2/c1-5-8-20-13-10(15)6-7-11(17-13)16-9-12(19)18-14(2,3)4/h6-7H,5,8-9,15H2,1-4H3,(H,16,17)(H,18,19). The van der Waals surface area contributed by atoms with E-state index in [4.69, 9.17) is 10.5 Å². The molecular formula is C14H24N4O2. The van der Waals surface area contributed by atoms with Crippen molar-refractivity contribution in [3.63, 3.8) is 0 Å². The van der Waals surface area contributed by atoms with Crippen molar-refractivity contribution in [2.75, 3.05) is 24.2 Å². The molecule has 0 bridgehead atoms. The molecule has 1 amide bonds. The quantitative estimate of drug-likeness (QED) is 0.739. The van der Waals surface area contributed by atoms with Crippen LogP contribution in [0.5, 0.6) is 5.88 Å². The molecule has 112 valence electrons. The van der Waals surface area contributed by atoms with Gasteiger partial charge in [0.25, 0.3) is 0 Å². The zero-order chi connectivity index (χ0) is 15.2. The highest BCUT2D eigenvalue weighted by Crippen LogP contribution is 2.20. The Balaban J connectivity index is 2.58. The summed E-state index contributed by atoms with van der Waals surface area (Å²) in [6.45, 7) is 8.52. The van der Waals surface area contributed by atoms with Crippen LogP contribution in [0.25, 0.3) is 0 Å². The van der Waals surface area contributed by atoms with Crippen LogP contribution in [-0.2, 0) is 4.79 Å². The molecule has 6 heteroatoms.